The third-order valence-corrected chi connectivity index (χ3v) is 6.02. The maximum absolute atomic E-state index is 12.5. The van der Waals surface area contributed by atoms with Crippen molar-refractivity contribution in [2.75, 3.05) is 38.0 Å². The number of carbonyl (C=O) groups excluding carboxylic acids is 2. The molecule has 1 saturated heterocycles. The highest BCUT2D eigenvalue weighted by Gasteiger charge is 2.23. The minimum atomic E-state index is -0.105. The van der Waals surface area contributed by atoms with Gasteiger partial charge in [-0.2, -0.15) is 0 Å². The summed E-state index contributed by atoms with van der Waals surface area (Å²) in [6.07, 6.45) is 0.362. The van der Waals surface area contributed by atoms with Crippen LogP contribution in [-0.2, 0) is 4.79 Å². The molecule has 0 atom stereocenters. The summed E-state index contributed by atoms with van der Waals surface area (Å²) in [7, 11) is 0. The van der Waals surface area contributed by atoms with Crippen molar-refractivity contribution in [3.63, 3.8) is 0 Å². The zero-order valence-corrected chi connectivity index (χ0v) is 17.3. The summed E-state index contributed by atoms with van der Waals surface area (Å²) in [5, 5.41) is 3.78. The van der Waals surface area contributed by atoms with E-state index in [9.17, 15) is 9.59 Å². The molecule has 2 amide bonds. The fourth-order valence-electron chi connectivity index (χ4n) is 2.95. The summed E-state index contributed by atoms with van der Waals surface area (Å²) in [5.74, 6) is -0.00664. The van der Waals surface area contributed by atoms with E-state index in [1.807, 2.05) is 24.0 Å². The number of amides is 2. The summed E-state index contributed by atoms with van der Waals surface area (Å²) in [4.78, 5) is 30.7. The van der Waals surface area contributed by atoms with Crippen LogP contribution in [0.25, 0.3) is 0 Å². The van der Waals surface area contributed by atoms with Crippen molar-refractivity contribution in [3.05, 3.63) is 50.1 Å². The molecule has 5 nitrogen and oxygen atoms in total. The van der Waals surface area contributed by atoms with Crippen LogP contribution in [-0.4, -0.2) is 54.3 Å². The van der Waals surface area contributed by atoms with Crippen LogP contribution >= 0.6 is 34.5 Å². The number of hydrogen-bond acceptors (Lipinski definition) is 4. The number of thiophene rings is 1. The van der Waals surface area contributed by atoms with Crippen LogP contribution in [0.15, 0.2) is 30.3 Å². The molecule has 3 rings (SSSR count). The molecule has 2 aromatic rings. The second-order valence-electron chi connectivity index (χ2n) is 6.47. The Labute approximate surface area is 172 Å². The predicted molar refractivity (Wildman–Crippen MR) is 111 cm³/mol. The van der Waals surface area contributed by atoms with Crippen molar-refractivity contribution in [1.82, 2.24) is 9.80 Å². The molecule has 27 heavy (non-hydrogen) atoms. The van der Waals surface area contributed by atoms with E-state index in [0.29, 0.717) is 41.8 Å². The second-order valence-corrected chi connectivity index (χ2v) is 8.60. The fourth-order valence-corrected chi connectivity index (χ4v) is 4.12. The van der Waals surface area contributed by atoms with Gasteiger partial charge in [0.25, 0.3) is 5.91 Å². The Hall–Kier alpha value is -1.60. The van der Waals surface area contributed by atoms with Crippen LogP contribution < -0.4 is 5.32 Å². The Bertz CT molecular complexity index is 832. The topological polar surface area (TPSA) is 52.7 Å². The van der Waals surface area contributed by atoms with E-state index in [4.69, 9.17) is 23.2 Å². The summed E-state index contributed by atoms with van der Waals surface area (Å²) >= 11 is 13.5. The fraction of sp³-hybridized carbons (Fsp3) is 0.368. The van der Waals surface area contributed by atoms with Crippen LogP contribution in [0.3, 0.4) is 0 Å². The molecule has 0 saturated carbocycles. The lowest BCUT2D eigenvalue weighted by Crippen LogP contribution is -2.49. The van der Waals surface area contributed by atoms with Crippen LogP contribution in [0.1, 0.15) is 21.0 Å². The summed E-state index contributed by atoms with van der Waals surface area (Å²) in [5.41, 5.74) is 0.524. The molecule has 2 heterocycles. The Kier molecular flexibility index (Phi) is 6.76. The van der Waals surface area contributed by atoms with Crippen LogP contribution in [0.4, 0.5) is 5.69 Å². The first-order chi connectivity index (χ1) is 12.9. The Morgan fingerprint density at radius 1 is 1.11 bits per heavy atom. The minimum Gasteiger partial charge on any atom is -0.335 e. The molecular weight excluding hydrogens is 405 g/mol. The molecule has 1 aromatic heterocycles. The SMILES string of the molecule is Cc1ccc(C(=O)N2CCN(CCC(=O)Nc3cc(Cl)ccc3Cl)CC2)s1. The summed E-state index contributed by atoms with van der Waals surface area (Å²) in [6.45, 7) is 5.53. The number of hydrogen-bond donors (Lipinski definition) is 1. The molecular formula is C19H21Cl2N3O2S. The van der Waals surface area contributed by atoms with Gasteiger partial charge in [-0.1, -0.05) is 23.2 Å². The molecule has 1 aliphatic heterocycles. The maximum atomic E-state index is 12.5. The summed E-state index contributed by atoms with van der Waals surface area (Å²) in [6, 6.07) is 8.83. The molecule has 0 bridgehead atoms. The third-order valence-electron chi connectivity index (χ3n) is 4.47. The molecule has 1 aliphatic rings. The first-order valence-corrected chi connectivity index (χ1v) is 10.3. The zero-order valence-electron chi connectivity index (χ0n) is 15.0. The average Bonchev–Trinajstić information content (AvgIpc) is 3.09. The van der Waals surface area contributed by atoms with E-state index in [1.165, 1.54) is 11.3 Å². The van der Waals surface area contributed by atoms with Gasteiger partial charge in [0.05, 0.1) is 15.6 Å². The first kappa shape index (κ1) is 20.1. The maximum Gasteiger partial charge on any atom is 0.264 e. The normalized spacial score (nSPS) is 15.0. The quantitative estimate of drug-likeness (QED) is 0.782. The molecule has 0 spiro atoms. The van der Waals surface area contributed by atoms with Gasteiger partial charge in [-0.3, -0.25) is 14.5 Å². The van der Waals surface area contributed by atoms with Gasteiger partial charge in [0, 0.05) is 49.0 Å². The lowest BCUT2D eigenvalue weighted by atomic mass is 10.2. The standard InChI is InChI=1S/C19H21Cl2N3O2S/c1-13-2-5-17(27-13)19(26)24-10-8-23(9-11-24)7-6-18(25)22-16-12-14(20)3-4-15(16)21/h2-5,12H,6-11H2,1H3,(H,22,25). The number of nitrogens with zero attached hydrogens (tertiary/aromatic N) is 2. The van der Waals surface area contributed by atoms with Crippen LogP contribution in [0.2, 0.25) is 10.0 Å². The molecule has 144 valence electrons. The number of nitrogens with one attached hydrogen (secondary N) is 1. The van der Waals surface area contributed by atoms with Gasteiger partial charge in [0.15, 0.2) is 0 Å². The number of carbonyl (C=O) groups is 2. The van der Waals surface area contributed by atoms with Crippen LogP contribution in [0.5, 0.6) is 0 Å². The monoisotopic (exact) mass is 425 g/mol. The van der Waals surface area contributed by atoms with Crippen molar-refractivity contribution >= 4 is 52.0 Å². The number of aryl methyl sites for hydroxylation is 1. The third kappa shape index (κ3) is 5.45. The molecule has 0 aliphatic carbocycles. The van der Waals surface area contributed by atoms with Crippen molar-refractivity contribution < 1.29 is 9.59 Å². The molecule has 1 N–H and O–H groups in total. The van der Waals surface area contributed by atoms with Crippen LogP contribution in [0, 0.1) is 6.92 Å². The van der Waals surface area contributed by atoms with Crippen molar-refractivity contribution in [2.45, 2.75) is 13.3 Å². The van der Waals surface area contributed by atoms with E-state index < -0.39 is 0 Å². The number of benzene rings is 1. The van der Waals surface area contributed by atoms with Crippen molar-refractivity contribution in [3.8, 4) is 0 Å². The molecule has 8 heteroatoms. The van der Waals surface area contributed by atoms with Gasteiger partial charge in [0.1, 0.15) is 0 Å². The number of piperazine rings is 1. The number of rotatable bonds is 5. The van der Waals surface area contributed by atoms with Gasteiger partial charge in [0.2, 0.25) is 5.91 Å². The van der Waals surface area contributed by atoms with E-state index in [2.05, 4.69) is 10.2 Å². The second kappa shape index (κ2) is 9.06. The molecule has 1 aromatic carbocycles. The van der Waals surface area contributed by atoms with Gasteiger partial charge < -0.3 is 10.2 Å². The summed E-state index contributed by atoms with van der Waals surface area (Å²) < 4.78 is 0. The van der Waals surface area contributed by atoms with Gasteiger partial charge >= 0.3 is 0 Å². The zero-order chi connectivity index (χ0) is 19.4. The van der Waals surface area contributed by atoms with Crippen molar-refractivity contribution in [1.29, 1.82) is 0 Å². The van der Waals surface area contributed by atoms with E-state index in [-0.39, 0.29) is 11.8 Å². The van der Waals surface area contributed by atoms with E-state index in [1.54, 1.807) is 18.2 Å². The van der Waals surface area contributed by atoms with Gasteiger partial charge in [-0.15, -0.1) is 11.3 Å². The molecule has 1 fully saturated rings. The smallest absolute Gasteiger partial charge is 0.264 e. The largest absolute Gasteiger partial charge is 0.335 e. The highest BCUT2D eigenvalue weighted by Crippen LogP contribution is 2.25. The highest BCUT2D eigenvalue weighted by atomic mass is 35.5. The lowest BCUT2D eigenvalue weighted by Gasteiger charge is -2.34. The van der Waals surface area contributed by atoms with E-state index >= 15 is 0 Å². The molecule has 0 unspecified atom stereocenters. The Balaban J connectivity index is 1.43. The Morgan fingerprint density at radius 3 is 2.52 bits per heavy atom. The number of anilines is 1. The predicted octanol–water partition coefficient (Wildman–Crippen LogP) is 4.15. The Morgan fingerprint density at radius 2 is 1.85 bits per heavy atom. The number of halogens is 2. The first-order valence-electron chi connectivity index (χ1n) is 8.75. The van der Waals surface area contributed by atoms with Crippen molar-refractivity contribution in [2.24, 2.45) is 0 Å². The molecule has 0 radical (unpaired) electrons. The lowest BCUT2D eigenvalue weighted by molar-refractivity contribution is -0.116. The van der Waals surface area contributed by atoms with Gasteiger partial charge in [-0.25, -0.2) is 0 Å². The van der Waals surface area contributed by atoms with Gasteiger partial charge in [-0.05, 0) is 37.3 Å². The highest BCUT2D eigenvalue weighted by molar-refractivity contribution is 7.13. The average molecular weight is 426 g/mol. The van der Waals surface area contributed by atoms with E-state index in [0.717, 1.165) is 22.8 Å². The minimum absolute atomic E-state index is 0.0982.